The van der Waals surface area contributed by atoms with Gasteiger partial charge in [0.1, 0.15) is 23.1 Å². The fourth-order valence-electron chi connectivity index (χ4n) is 4.15. The summed E-state index contributed by atoms with van der Waals surface area (Å²) in [6.07, 6.45) is 5.65. The van der Waals surface area contributed by atoms with E-state index in [1.54, 1.807) is 18.5 Å². The van der Waals surface area contributed by atoms with Crippen molar-refractivity contribution in [1.29, 1.82) is 5.41 Å². The number of nitrogens with zero attached hydrogens (tertiary/aromatic N) is 4. The third kappa shape index (κ3) is 5.54. The van der Waals surface area contributed by atoms with Crippen LogP contribution in [0.2, 0.25) is 0 Å². The number of aldehydes is 1. The van der Waals surface area contributed by atoms with E-state index >= 15 is 0 Å². The van der Waals surface area contributed by atoms with E-state index in [-0.39, 0.29) is 34.9 Å². The van der Waals surface area contributed by atoms with E-state index in [0.717, 1.165) is 31.0 Å². The number of carbonyl (C=O) groups excluding carboxylic acids is 1. The predicted molar refractivity (Wildman–Crippen MR) is 134 cm³/mol. The Kier molecular flexibility index (Phi) is 7.64. The van der Waals surface area contributed by atoms with E-state index in [0.29, 0.717) is 42.1 Å². The largest absolute Gasteiger partial charge is 0.381 e. The van der Waals surface area contributed by atoms with Crippen molar-refractivity contribution in [1.82, 2.24) is 15.0 Å². The highest BCUT2D eigenvalue weighted by molar-refractivity contribution is 6.09. The van der Waals surface area contributed by atoms with E-state index in [9.17, 15) is 13.6 Å². The molecule has 1 aliphatic heterocycles. The maximum Gasteiger partial charge on any atom is 0.225 e. The lowest BCUT2D eigenvalue weighted by atomic mass is 9.92. The minimum absolute atomic E-state index is 0.0908. The number of anilines is 3. The third-order valence-corrected chi connectivity index (χ3v) is 6.14. The molecule has 36 heavy (non-hydrogen) atoms. The number of benzene rings is 1. The Morgan fingerprint density at radius 1 is 1.14 bits per heavy atom. The van der Waals surface area contributed by atoms with Crippen molar-refractivity contribution in [3.63, 3.8) is 0 Å². The highest BCUT2D eigenvalue weighted by Crippen LogP contribution is 2.33. The molecular weight excluding hydrogens is 466 g/mol. The average Bonchev–Trinajstić information content (AvgIpc) is 2.87. The minimum Gasteiger partial charge on any atom is -0.381 e. The van der Waals surface area contributed by atoms with Crippen LogP contribution in [0.4, 0.5) is 26.2 Å². The number of hydrogen-bond donors (Lipinski definition) is 2. The van der Waals surface area contributed by atoms with E-state index in [1.807, 2.05) is 25.8 Å². The van der Waals surface area contributed by atoms with Gasteiger partial charge in [0.2, 0.25) is 5.95 Å². The fraction of sp³-hybridized carbons (Fsp3) is 0.346. The predicted octanol–water partition coefficient (Wildman–Crippen LogP) is 5.01. The number of nitrogens with one attached hydrogen (secondary N) is 2. The Morgan fingerprint density at radius 3 is 2.36 bits per heavy atom. The first-order valence-corrected chi connectivity index (χ1v) is 11.7. The van der Waals surface area contributed by atoms with Crippen LogP contribution in [-0.2, 0) is 4.74 Å². The zero-order valence-electron chi connectivity index (χ0n) is 20.4. The molecule has 0 radical (unpaired) electrons. The van der Waals surface area contributed by atoms with E-state index in [1.165, 1.54) is 0 Å². The third-order valence-electron chi connectivity index (χ3n) is 6.14. The Morgan fingerprint density at radius 2 is 1.78 bits per heavy atom. The van der Waals surface area contributed by atoms with Gasteiger partial charge in [-0.05, 0) is 42.5 Å². The van der Waals surface area contributed by atoms with Crippen LogP contribution in [0, 0.1) is 23.0 Å². The van der Waals surface area contributed by atoms with Gasteiger partial charge in [-0.15, -0.1) is 0 Å². The van der Waals surface area contributed by atoms with Crippen LogP contribution in [0.1, 0.15) is 42.7 Å². The summed E-state index contributed by atoms with van der Waals surface area (Å²) >= 11 is 0. The fourth-order valence-corrected chi connectivity index (χ4v) is 4.15. The SMILES string of the molecule is CC(C)C(=N)c1c(-c2cnc(N(C)C3CCOCC3)nc2)cc(C=O)nc1Nc1cc(F)cc(F)c1. The number of halogens is 2. The monoisotopic (exact) mass is 494 g/mol. The second-order valence-electron chi connectivity index (χ2n) is 9.01. The van der Waals surface area contributed by atoms with E-state index < -0.39 is 11.6 Å². The van der Waals surface area contributed by atoms with Crippen molar-refractivity contribution in [3.8, 4) is 11.1 Å². The summed E-state index contributed by atoms with van der Waals surface area (Å²) in [5, 5.41) is 11.7. The first kappa shape index (κ1) is 25.3. The molecule has 2 N–H and O–H groups in total. The Bertz CT molecular complexity index is 1240. The molecule has 0 bridgehead atoms. The summed E-state index contributed by atoms with van der Waals surface area (Å²) < 4.78 is 33.1. The van der Waals surface area contributed by atoms with Crippen molar-refractivity contribution < 1.29 is 18.3 Å². The molecule has 10 heteroatoms. The summed E-state index contributed by atoms with van der Waals surface area (Å²) in [6.45, 7) is 5.11. The standard InChI is InChI=1S/C26H28F2N6O2/c1-15(2)24(29)23-22(16-12-30-26(31-13-16)34(3)21-4-6-36-7-5-21)11-20(14-35)33-25(23)32-19-9-17(27)8-18(28)10-19/h8-15,21,29H,4-7H2,1-3H3,(H,32,33). The molecule has 1 aliphatic rings. The molecule has 8 nitrogen and oxygen atoms in total. The van der Waals surface area contributed by atoms with Crippen molar-refractivity contribution in [3.05, 3.63) is 59.6 Å². The molecule has 0 saturated carbocycles. The smallest absolute Gasteiger partial charge is 0.225 e. The summed E-state index contributed by atoms with van der Waals surface area (Å²) in [7, 11) is 1.95. The van der Waals surface area contributed by atoms with E-state index in [4.69, 9.17) is 10.1 Å². The summed E-state index contributed by atoms with van der Waals surface area (Å²) in [4.78, 5) is 27.2. The topological polar surface area (TPSA) is 104 Å². The molecule has 0 spiro atoms. The van der Waals surface area contributed by atoms with Crippen LogP contribution in [0.3, 0.4) is 0 Å². The normalized spacial score (nSPS) is 14.1. The van der Waals surface area contributed by atoms with Crippen molar-refractivity contribution in [2.24, 2.45) is 5.92 Å². The van der Waals surface area contributed by atoms with Crippen LogP contribution in [-0.4, -0.2) is 53.3 Å². The lowest BCUT2D eigenvalue weighted by Crippen LogP contribution is -2.37. The van der Waals surface area contributed by atoms with Gasteiger partial charge in [-0.25, -0.2) is 23.7 Å². The second-order valence-corrected chi connectivity index (χ2v) is 9.01. The molecule has 3 aromatic rings. The van der Waals surface area contributed by atoms with Gasteiger partial charge in [0.15, 0.2) is 6.29 Å². The Labute approximate surface area is 208 Å². The quantitative estimate of drug-likeness (QED) is 0.335. The molecule has 188 valence electrons. The first-order valence-electron chi connectivity index (χ1n) is 11.7. The van der Waals surface area contributed by atoms with Crippen molar-refractivity contribution in [2.75, 3.05) is 30.5 Å². The molecule has 1 saturated heterocycles. The van der Waals surface area contributed by atoms with Crippen molar-refractivity contribution >= 4 is 29.5 Å². The average molecular weight is 495 g/mol. The van der Waals surface area contributed by atoms with Crippen molar-refractivity contribution in [2.45, 2.75) is 32.7 Å². The molecule has 0 aliphatic carbocycles. The molecule has 0 unspecified atom stereocenters. The van der Waals surface area contributed by atoms with Crippen LogP contribution >= 0.6 is 0 Å². The van der Waals surface area contributed by atoms with Gasteiger partial charge < -0.3 is 20.4 Å². The van der Waals surface area contributed by atoms with Gasteiger partial charge in [-0.1, -0.05) is 13.8 Å². The highest BCUT2D eigenvalue weighted by atomic mass is 19.1. The molecule has 1 aromatic carbocycles. The molecule has 0 amide bonds. The molecule has 3 heterocycles. The first-order chi connectivity index (χ1) is 17.3. The lowest BCUT2D eigenvalue weighted by Gasteiger charge is -2.31. The maximum atomic E-state index is 13.8. The van der Waals surface area contributed by atoms with Gasteiger partial charge >= 0.3 is 0 Å². The van der Waals surface area contributed by atoms with Crippen LogP contribution in [0.5, 0.6) is 0 Å². The number of pyridine rings is 1. The van der Waals surface area contributed by atoms with Gasteiger partial charge in [-0.3, -0.25) is 4.79 Å². The zero-order chi connectivity index (χ0) is 25.8. The number of aromatic nitrogens is 3. The zero-order valence-corrected chi connectivity index (χ0v) is 20.4. The lowest BCUT2D eigenvalue weighted by molar-refractivity contribution is 0.0852. The number of hydrogen-bond acceptors (Lipinski definition) is 8. The Hall–Kier alpha value is -3.79. The van der Waals surface area contributed by atoms with Crippen LogP contribution < -0.4 is 10.2 Å². The van der Waals surface area contributed by atoms with Gasteiger partial charge in [0.25, 0.3) is 0 Å². The highest BCUT2D eigenvalue weighted by Gasteiger charge is 2.23. The maximum absolute atomic E-state index is 13.8. The number of carbonyl (C=O) groups is 1. The van der Waals surface area contributed by atoms with Crippen LogP contribution in [0.15, 0.2) is 36.7 Å². The molecule has 1 fully saturated rings. The minimum atomic E-state index is -0.762. The second kappa shape index (κ2) is 10.9. The summed E-state index contributed by atoms with van der Waals surface area (Å²) in [5.41, 5.74) is 1.93. The number of rotatable bonds is 8. The van der Waals surface area contributed by atoms with Gasteiger partial charge in [0, 0.05) is 67.3 Å². The van der Waals surface area contributed by atoms with Gasteiger partial charge in [0.05, 0.1) is 0 Å². The summed E-state index contributed by atoms with van der Waals surface area (Å²) in [6, 6.07) is 4.84. The molecular formula is C26H28F2N6O2. The van der Waals surface area contributed by atoms with Gasteiger partial charge in [-0.2, -0.15) is 0 Å². The Balaban J connectivity index is 1.78. The summed E-state index contributed by atoms with van der Waals surface area (Å²) in [5.74, 6) is -1.02. The van der Waals surface area contributed by atoms with Crippen LogP contribution in [0.25, 0.3) is 11.1 Å². The van der Waals surface area contributed by atoms with E-state index in [2.05, 4.69) is 20.3 Å². The molecule has 4 rings (SSSR count). The molecule has 0 atom stereocenters. The number of ether oxygens (including phenoxy) is 1. The molecule has 2 aromatic heterocycles.